The molecule has 0 aromatic heterocycles. The number of hydrogen-bond acceptors (Lipinski definition) is 33. The Labute approximate surface area is 463 Å². The van der Waals surface area contributed by atoms with Crippen molar-refractivity contribution in [3.05, 3.63) is 0 Å². The zero-order valence-corrected chi connectivity index (χ0v) is 43.9. The molecule has 82 heavy (non-hydrogen) atoms. The van der Waals surface area contributed by atoms with Gasteiger partial charge in [0.15, 0.2) is 31.5 Å². The number of amides is 3. The van der Waals surface area contributed by atoms with Gasteiger partial charge in [-0.25, -0.2) is 4.79 Å². The summed E-state index contributed by atoms with van der Waals surface area (Å²) in [6, 6.07) is -5.18. The van der Waals surface area contributed by atoms with Crippen LogP contribution in [0.1, 0.15) is 27.2 Å². The molecule has 0 spiro atoms. The Bertz CT molecular complexity index is 2090. The summed E-state index contributed by atoms with van der Waals surface area (Å²) in [7, 11) is 0. The topological polar surface area (TPSA) is 590 Å². The molecular formula is C45H75N3O34. The van der Waals surface area contributed by atoms with E-state index in [1.165, 1.54) is 0 Å². The van der Waals surface area contributed by atoms with Crippen LogP contribution in [-0.4, -0.2) is 350 Å². The first-order valence-electron chi connectivity index (χ1n) is 25.7. The Morgan fingerprint density at radius 1 is 0.500 bits per heavy atom. The van der Waals surface area contributed by atoms with Crippen LogP contribution < -0.4 is 16.0 Å². The van der Waals surface area contributed by atoms with Gasteiger partial charge in [0.2, 0.25) is 17.7 Å². The first kappa shape index (κ1) is 67.8. The number of rotatable bonds is 22. The number of ether oxygens (including phenoxy) is 11. The van der Waals surface area contributed by atoms with Crippen molar-refractivity contribution >= 4 is 23.7 Å². The Balaban J connectivity index is 1.19. The second-order valence-electron chi connectivity index (χ2n) is 20.4. The summed E-state index contributed by atoms with van der Waals surface area (Å²) in [4.78, 5) is 50.1. The van der Waals surface area contributed by atoms with E-state index in [9.17, 15) is 116 Å². The highest BCUT2D eigenvalue weighted by atomic mass is 16.8. The third-order valence-corrected chi connectivity index (χ3v) is 14.6. The highest BCUT2D eigenvalue weighted by molar-refractivity contribution is 5.77. The third-order valence-electron chi connectivity index (χ3n) is 14.6. The smallest absolute Gasteiger partial charge is 0.364 e. The molecule has 474 valence electrons. The van der Waals surface area contributed by atoms with Crippen molar-refractivity contribution in [3.8, 4) is 0 Å². The van der Waals surface area contributed by atoms with Crippen LogP contribution in [0.25, 0.3) is 0 Å². The molecule has 6 rings (SSSR count). The number of aliphatic carboxylic acids is 1. The molecule has 22 N–H and O–H groups in total. The van der Waals surface area contributed by atoms with Crippen molar-refractivity contribution in [2.24, 2.45) is 0 Å². The number of carbonyl (C=O) groups is 4. The van der Waals surface area contributed by atoms with Crippen molar-refractivity contribution in [2.75, 3.05) is 39.6 Å². The third kappa shape index (κ3) is 14.7. The standard InChI is InChI=1S/C45H75N3O34/c1-11(54)46-21-14(57)4-45(44(70)71,81-36(21)24(59)15(58)5-49)82-38-26(61)17(7-51)75-43(33(38)68)79-35-19(9-53)77-41(23(29(35)64)48-13(3)56)80-37-27(62)20(73-39(69)32(37)67)10-72-40-22(47-12(2)55)28(63)34(18(8-52)76-40)78-42-31(66)30(65)25(60)16(6-50)74-42/h14-43,49-53,57-69H,4-10H2,1-3H3,(H,46,54)(H,47,55)(H,48,56)(H,70,71)/t14-,15+,16+,17+,18+,19+,20+,21+,22+,23+,24+,25-,26-,27+,28+,29+,30-,31+,32-,33+,34+,35+,36+,37-,38-,39?,40+,41-,42-,43-,45-/m0/s1. The predicted octanol–water partition coefficient (Wildman–Crippen LogP) is -14.5. The Hall–Kier alpha value is -3.28. The van der Waals surface area contributed by atoms with Crippen molar-refractivity contribution in [1.82, 2.24) is 16.0 Å². The number of hydrogen-bond donors (Lipinski definition) is 22. The summed E-state index contributed by atoms with van der Waals surface area (Å²) in [5, 5.41) is 211. The summed E-state index contributed by atoms with van der Waals surface area (Å²) < 4.78 is 62.5. The van der Waals surface area contributed by atoms with Gasteiger partial charge in [-0.1, -0.05) is 0 Å². The first-order chi connectivity index (χ1) is 38.6. The molecule has 37 heteroatoms. The van der Waals surface area contributed by atoms with E-state index in [1.54, 1.807) is 0 Å². The van der Waals surface area contributed by atoms with Crippen LogP contribution in [0.3, 0.4) is 0 Å². The number of carbonyl (C=O) groups excluding carboxylic acids is 3. The summed E-state index contributed by atoms with van der Waals surface area (Å²) in [6.45, 7) is -3.12. The van der Waals surface area contributed by atoms with Crippen LogP contribution in [0, 0.1) is 0 Å². The van der Waals surface area contributed by atoms with Gasteiger partial charge in [0, 0.05) is 27.2 Å². The zero-order chi connectivity index (χ0) is 61.0. The average molecular weight is 1200 g/mol. The molecule has 6 fully saturated rings. The van der Waals surface area contributed by atoms with Gasteiger partial charge in [-0.3, -0.25) is 14.4 Å². The van der Waals surface area contributed by atoms with Gasteiger partial charge >= 0.3 is 5.97 Å². The summed E-state index contributed by atoms with van der Waals surface area (Å²) >= 11 is 0. The maximum absolute atomic E-state index is 13.0. The van der Waals surface area contributed by atoms with Gasteiger partial charge in [-0.2, -0.15) is 0 Å². The van der Waals surface area contributed by atoms with Crippen molar-refractivity contribution in [1.29, 1.82) is 0 Å². The second-order valence-corrected chi connectivity index (χ2v) is 20.4. The molecule has 6 saturated heterocycles. The van der Waals surface area contributed by atoms with Gasteiger partial charge in [0.05, 0.1) is 51.8 Å². The average Bonchev–Trinajstić information content (AvgIpc) is 3.59. The summed E-state index contributed by atoms with van der Waals surface area (Å²) in [6.07, 6.45) is -55.0. The number of nitrogens with one attached hydrogen (secondary N) is 3. The molecule has 6 aliphatic heterocycles. The molecule has 37 nitrogen and oxygen atoms in total. The second kappa shape index (κ2) is 28.9. The van der Waals surface area contributed by atoms with E-state index < -0.39 is 259 Å². The lowest BCUT2D eigenvalue weighted by Crippen LogP contribution is -2.71. The Morgan fingerprint density at radius 2 is 0.951 bits per heavy atom. The van der Waals surface area contributed by atoms with Gasteiger partial charge in [-0.15, -0.1) is 0 Å². The molecule has 0 saturated carbocycles. The van der Waals surface area contributed by atoms with E-state index in [1.807, 2.05) is 0 Å². The van der Waals surface area contributed by atoms with Crippen molar-refractivity contribution in [3.63, 3.8) is 0 Å². The Kier molecular flexibility index (Phi) is 23.9. The van der Waals surface area contributed by atoms with Crippen LogP contribution in [0.2, 0.25) is 0 Å². The SMILES string of the molecule is CC(=O)N[C@H]1[C@H](OC[C@H]2OC(O)[C@@H](O)[C@@H](O[C@@H]3O[C@H](CO)[C@@H](O[C@@H]4O[C@H](CO)[C@H](O)[C@H](O[C@]5(C(=O)O)C[C@H](O)[C@@H](NC(C)=O)[C@H]([C@H](O)[C@H](O)CO)O5)[C@H]4O)[C@H](O)[C@H]3NC(C)=O)[C@@H]2O)O[C@H](CO)[C@@H](O[C@@H]2O[C@H](CO)[C@H](O)[C@H](O)[C@H]2O)[C@@H]1O. The highest BCUT2D eigenvalue weighted by Gasteiger charge is 2.61. The minimum absolute atomic E-state index is 0.795. The number of aliphatic hydroxyl groups excluding tert-OH is 18. The van der Waals surface area contributed by atoms with E-state index in [-0.39, 0.29) is 0 Å². The molecule has 0 aliphatic carbocycles. The van der Waals surface area contributed by atoms with Crippen molar-refractivity contribution in [2.45, 2.75) is 217 Å². The molecule has 0 aromatic carbocycles. The molecule has 0 aromatic rings. The largest absolute Gasteiger partial charge is 0.477 e. The molecule has 31 atom stereocenters. The normalized spacial score (nSPS) is 46.3. The molecule has 0 bridgehead atoms. The number of carboxylic acid groups (broad SMARTS) is 1. The van der Waals surface area contributed by atoms with Gasteiger partial charge in [0.25, 0.3) is 5.79 Å². The van der Waals surface area contributed by atoms with Crippen LogP contribution in [0.5, 0.6) is 0 Å². The van der Waals surface area contributed by atoms with E-state index in [0.29, 0.717) is 0 Å². The molecule has 6 aliphatic rings. The zero-order valence-electron chi connectivity index (χ0n) is 43.9. The fourth-order valence-electron chi connectivity index (χ4n) is 10.3. The monoisotopic (exact) mass is 1200 g/mol. The molecular weight excluding hydrogens is 1130 g/mol. The minimum atomic E-state index is -3.20. The maximum atomic E-state index is 13.0. The van der Waals surface area contributed by atoms with E-state index in [4.69, 9.17) is 52.1 Å². The van der Waals surface area contributed by atoms with E-state index in [0.717, 1.165) is 20.8 Å². The molecule has 3 amide bonds. The van der Waals surface area contributed by atoms with Crippen LogP contribution in [0.4, 0.5) is 0 Å². The number of carboxylic acids is 1. The number of aliphatic hydroxyl groups is 18. The van der Waals surface area contributed by atoms with Gasteiger partial charge < -0.3 is 165 Å². The maximum Gasteiger partial charge on any atom is 0.364 e. The quantitative estimate of drug-likeness (QED) is 0.0479. The van der Waals surface area contributed by atoms with Gasteiger partial charge in [0.1, 0.15) is 140 Å². The fraction of sp³-hybridized carbons (Fsp3) is 0.911. The van der Waals surface area contributed by atoms with Crippen LogP contribution in [-0.2, 0) is 71.3 Å². The van der Waals surface area contributed by atoms with E-state index >= 15 is 0 Å². The van der Waals surface area contributed by atoms with Crippen molar-refractivity contribution < 1.29 is 168 Å². The fourth-order valence-corrected chi connectivity index (χ4v) is 10.3. The van der Waals surface area contributed by atoms with Crippen LogP contribution in [0.15, 0.2) is 0 Å². The molecule has 1 unspecified atom stereocenters. The Morgan fingerprint density at radius 3 is 1.45 bits per heavy atom. The summed E-state index contributed by atoms with van der Waals surface area (Å²) in [5.41, 5.74) is 0. The molecule has 6 heterocycles. The van der Waals surface area contributed by atoms with Gasteiger partial charge in [-0.05, 0) is 0 Å². The van der Waals surface area contributed by atoms with E-state index in [2.05, 4.69) is 16.0 Å². The summed E-state index contributed by atoms with van der Waals surface area (Å²) in [5.74, 6) is -7.82. The van der Waals surface area contributed by atoms with Crippen LogP contribution >= 0.6 is 0 Å². The first-order valence-corrected chi connectivity index (χ1v) is 25.7. The minimum Gasteiger partial charge on any atom is -0.477 e. The predicted molar refractivity (Wildman–Crippen MR) is 251 cm³/mol. The highest BCUT2D eigenvalue weighted by Crippen LogP contribution is 2.39. The lowest BCUT2D eigenvalue weighted by molar-refractivity contribution is -0.387. The molecule has 0 radical (unpaired) electrons. The lowest BCUT2D eigenvalue weighted by Gasteiger charge is -2.51. The lowest BCUT2D eigenvalue weighted by atomic mass is 9.88.